The number of nitrogens with one attached hydrogen (secondary N) is 1. The Balaban J connectivity index is 2.24. The van der Waals surface area contributed by atoms with E-state index in [2.05, 4.69) is 10.3 Å². The second-order valence-electron chi connectivity index (χ2n) is 4.45. The van der Waals surface area contributed by atoms with Crippen LogP contribution in [0, 0.1) is 12.8 Å². The average Bonchev–Trinajstić information content (AvgIpc) is 2.71. The van der Waals surface area contributed by atoms with Gasteiger partial charge < -0.3 is 10.4 Å². The molecule has 0 saturated carbocycles. The maximum atomic E-state index is 11.7. The van der Waals surface area contributed by atoms with Gasteiger partial charge in [-0.15, -0.1) is 23.1 Å². The van der Waals surface area contributed by atoms with Crippen molar-refractivity contribution in [1.29, 1.82) is 0 Å². The van der Waals surface area contributed by atoms with E-state index in [0.29, 0.717) is 5.75 Å². The first-order valence-electron chi connectivity index (χ1n) is 5.92. The molecule has 1 amide bonds. The van der Waals surface area contributed by atoms with E-state index in [1.54, 1.807) is 23.1 Å². The Kier molecular flexibility index (Phi) is 6.67. The standard InChI is InChI=1S/C12H20N2O2S2/c1-8(2)11(4-15)14-12(16)7-17-5-10-6-18-9(3)13-10/h6,8,11,15H,4-5,7H2,1-3H3,(H,14,16)/t11-/m1/s1. The molecule has 0 saturated heterocycles. The lowest BCUT2D eigenvalue weighted by atomic mass is 10.1. The summed E-state index contributed by atoms with van der Waals surface area (Å²) in [6.45, 7) is 5.91. The zero-order valence-corrected chi connectivity index (χ0v) is 12.6. The highest BCUT2D eigenvalue weighted by Crippen LogP contribution is 2.15. The Morgan fingerprint density at radius 3 is 2.83 bits per heavy atom. The lowest BCUT2D eigenvalue weighted by Crippen LogP contribution is -2.42. The van der Waals surface area contributed by atoms with Gasteiger partial charge in [-0.25, -0.2) is 4.98 Å². The maximum Gasteiger partial charge on any atom is 0.230 e. The number of nitrogens with zero attached hydrogens (tertiary/aromatic N) is 1. The molecule has 0 aliphatic carbocycles. The minimum absolute atomic E-state index is 0.0145. The third kappa shape index (κ3) is 5.37. The number of aliphatic hydroxyl groups is 1. The van der Waals surface area contributed by atoms with Gasteiger partial charge in [-0.05, 0) is 12.8 Å². The molecule has 4 nitrogen and oxygen atoms in total. The summed E-state index contributed by atoms with van der Waals surface area (Å²) >= 11 is 3.17. The summed E-state index contributed by atoms with van der Waals surface area (Å²) < 4.78 is 0. The number of carbonyl (C=O) groups is 1. The van der Waals surface area contributed by atoms with Gasteiger partial charge in [0.1, 0.15) is 0 Å². The molecule has 1 aromatic rings. The zero-order valence-electron chi connectivity index (χ0n) is 11.0. The van der Waals surface area contributed by atoms with Crippen molar-refractivity contribution in [3.05, 3.63) is 16.1 Å². The largest absolute Gasteiger partial charge is 0.394 e. The van der Waals surface area contributed by atoms with Crippen LogP contribution in [0.15, 0.2) is 5.38 Å². The van der Waals surface area contributed by atoms with Crippen molar-refractivity contribution < 1.29 is 9.90 Å². The first-order chi connectivity index (χ1) is 8.52. The second-order valence-corrected chi connectivity index (χ2v) is 6.50. The highest BCUT2D eigenvalue weighted by atomic mass is 32.2. The zero-order chi connectivity index (χ0) is 13.5. The van der Waals surface area contributed by atoms with Crippen LogP contribution in [-0.4, -0.2) is 34.4 Å². The van der Waals surface area contributed by atoms with E-state index >= 15 is 0 Å². The molecule has 1 rings (SSSR count). The molecule has 1 heterocycles. The lowest BCUT2D eigenvalue weighted by Gasteiger charge is -2.19. The predicted molar refractivity (Wildman–Crippen MR) is 76.9 cm³/mol. The van der Waals surface area contributed by atoms with Crippen molar-refractivity contribution in [3.63, 3.8) is 0 Å². The number of hydrogen-bond acceptors (Lipinski definition) is 5. The van der Waals surface area contributed by atoms with Crippen LogP contribution in [0.1, 0.15) is 24.5 Å². The van der Waals surface area contributed by atoms with Crippen molar-refractivity contribution in [3.8, 4) is 0 Å². The van der Waals surface area contributed by atoms with E-state index in [1.807, 2.05) is 26.2 Å². The average molecular weight is 288 g/mol. The summed E-state index contributed by atoms with van der Waals surface area (Å²) in [5, 5.41) is 15.0. The molecule has 0 aliphatic rings. The summed E-state index contributed by atoms with van der Waals surface area (Å²) in [6, 6.07) is -0.153. The number of hydrogen-bond donors (Lipinski definition) is 2. The van der Waals surface area contributed by atoms with Gasteiger partial charge >= 0.3 is 0 Å². The number of rotatable bonds is 7. The minimum Gasteiger partial charge on any atom is -0.394 e. The fourth-order valence-electron chi connectivity index (χ4n) is 1.39. The highest BCUT2D eigenvalue weighted by Gasteiger charge is 2.14. The maximum absolute atomic E-state index is 11.7. The molecule has 0 unspecified atom stereocenters. The van der Waals surface area contributed by atoms with Gasteiger partial charge in [0.2, 0.25) is 5.91 Å². The van der Waals surface area contributed by atoms with Crippen molar-refractivity contribution in [2.24, 2.45) is 5.92 Å². The summed E-state index contributed by atoms with van der Waals surface area (Å²) in [4.78, 5) is 16.0. The summed E-state index contributed by atoms with van der Waals surface area (Å²) in [7, 11) is 0. The smallest absolute Gasteiger partial charge is 0.230 e. The molecule has 1 aromatic heterocycles. The molecule has 0 radical (unpaired) electrons. The number of amides is 1. The quantitative estimate of drug-likeness (QED) is 0.803. The van der Waals surface area contributed by atoms with E-state index < -0.39 is 0 Å². The lowest BCUT2D eigenvalue weighted by molar-refractivity contribution is -0.119. The monoisotopic (exact) mass is 288 g/mol. The van der Waals surface area contributed by atoms with Crippen molar-refractivity contribution >= 4 is 29.0 Å². The molecule has 0 fully saturated rings. The van der Waals surface area contributed by atoms with Crippen molar-refractivity contribution in [2.45, 2.75) is 32.6 Å². The first-order valence-corrected chi connectivity index (χ1v) is 7.95. The Hall–Kier alpha value is -0.590. The number of aryl methyl sites for hydroxylation is 1. The molecule has 6 heteroatoms. The normalized spacial score (nSPS) is 12.7. The molecular formula is C12H20N2O2S2. The Labute approximate surface area is 116 Å². The number of carbonyl (C=O) groups excluding carboxylic acids is 1. The Morgan fingerprint density at radius 1 is 1.61 bits per heavy atom. The molecule has 1 atom stereocenters. The van der Waals surface area contributed by atoms with Gasteiger partial charge in [0, 0.05) is 11.1 Å². The van der Waals surface area contributed by atoms with Crippen molar-refractivity contribution in [1.82, 2.24) is 10.3 Å². The molecule has 0 aromatic carbocycles. The van der Waals surface area contributed by atoms with Gasteiger partial charge in [0.15, 0.2) is 0 Å². The van der Waals surface area contributed by atoms with Crippen LogP contribution >= 0.6 is 23.1 Å². The SMILES string of the molecule is Cc1nc(CSCC(=O)N[C@H](CO)C(C)C)cs1. The van der Waals surface area contributed by atoms with Gasteiger partial charge in [-0.1, -0.05) is 13.8 Å². The van der Waals surface area contributed by atoms with Crippen LogP contribution in [0.2, 0.25) is 0 Å². The van der Waals surface area contributed by atoms with E-state index in [9.17, 15) is 4.79 Å². The first kappa shape index (κ1) is 15.5. The molecular weight excluding hydrogens is 268 g/mol. The van der Waals surface area contributed by atoms with Crippen LogP contribution in [0.3, 0.4) is 0 Å². The number of aliphatic hydroxyl groups excluding tert-OH is 1. The summed E-state index contributed by atoms with van der Waals surface area (Å²) in [5.41, 5.74) is 1.03. The van der Waals surface area contributed by atoms with E-state index in [4.69, 9.17) is 5.11 Å². The third-order valence-corrected chi connectivity index (χ3v) is 4.29. The van der Waals surface area contributed by atoms with Crippen molar-refractivity contribution in [2.75, 3.05) is 12.4 Å². The topological polar surface area (TPSA) is 62.2 Å². The summed E-state index contributed by atoms with van der Waals surface area (Å²) in [5.74, 6) is 1.37. The van der Waals surface area contributed by atoms with Gasteiger partial charge in [0.05, 0.1) is 29.1 Å². The Bertz CT molecular complexity index is 380. The van der Waals surface area contributed by atoms with Crippen LogP contribution < -0.4 is 5.32 Å². The Morgan fingerprint density at radius 2 is 2.33 bits per heavy atom. The molecule has 18 heavy (non-hydrogen) atoms. The number of thioether (sulfide) groups is 1. The third-order valence-electron chi connectivity index (χ3n) is 2.50. The van der Waals surface area contributed by atoms with Crippen LogP contribution in [0.25, 0.3) is 0 Å². The van der Waals surface area contributed by atoms with Crippen LogP contribution in [0.5, 0.6) is 0 Å². The number of aromatic nitrogens is 1. The fraction of sp³-hybridized carbons (Fsp3) is 0.667. The van der Waals surface area contributed by atoms with Crippen LogP contribution in [0.4, 0.5) is 0 Å². The molecule has 0 aliphatic heterocycles. The highest BCUT2D eigenvalue weighted by molar-refractivity contribution is 7.99. The number of thiazole rings is 1. The van der Waals surface area contributed by atoms with E-state index in [0.717, 1.165) is 16.5 Å². The van der Waals surface area contributed by atoms with E-state index in [-0.39, 0.29) is 24.5 Å². The van der Waals surface area contributed by atoms with E-state index in [1.165, 1.54) is 0 Å². The molecule has 0 spiro atoms. The molecule has 102 valence electrons. The fourth-order valence-corrected chi connectivity index (χ4v) is 2.84. The molecule has 2 N–H and O–H groups in total. The minimum atomic E-state index is -0.153. The predicted octanol–water partition coefficient (Wildman–Crippen LogP) is 1.82. The van der Waals surface area contributed by atoms with Gasteiger partial charge in [-0.3, -0.25) is 4.79 Å². The summed E-state index contributed by atoms with van der Waals surface area (Å²) in [6.07, 6.45) is 0. The second kappa shape index (κ2) is 7.76. The van der Waals surface area contributed by atoms with Gasteiger partial charge in [0.25, 0.3) is 0 Å². The molecule has 0 bridgehead atoms. The van der Waals surface area contributed by atoms with Crippen LogP contribution in [-0.2, 0) is 10.5 Å². The van der Waals surface area contributed by atoms with Gasteiger partial charge in [-0.2, -0.15) is 0 Å².